The first kappa shape index (κ1) is 19.6. The van der Waals surface area contributed by atoms with Gasteiger partial charge in [-0.25, -0.2) is 9.07 Å². The number of fused-ring (bicyclic) bond motifs is 1. The highest BCUT2D eigenvalue weighted by Crippen LogP contribution is 2.18. The van der Waals surface area contributed by atoms with Gasteiger partial charge in [0.1, 0.15) is 11.3 Å². The lowest BCUT2D eigenvalue weighted by atomic mass is 10.1. The first-order valence-electron chi connectivity index (χ1n) is 8.97. The molecule has 7 nitrogen and oxygen atoms in total. The van der Waals surface area contributed by atoms with Crippen molar-refractivity contribution in [2.24, 2.45) is 0 Å². The molecule has 8 heteroatoms. The van der Waals surface area contributed by atoms with Crippen molar-refractivity contribution in [1.29, 1.82) is 0 Å². The summed E-state index contributed by atoms with van der Waals surface area (Å²) in [6.07, 6.45) is 0.0935. The highest BCUT2D eigenvalue weighted by Gasteiger charge is 2.16. The molecule has 146 valence electrons. The average molecular weight is 383 g/mol. The van der Waals surface area contributed by atoms with Gasteiger partial charge in [0.25, 0.3) is 5.56 Å². The summed E-state index contributed by atoms with van der Waals surface area (Å²) in [7, 11) is 3.73. The van der Waals surface area contributed by atoms with Crippen LogP contribution in [0.4, 0.5) is 4.39 Å². The van der Waals surface area contributed by atoms with Gasteiger partial charge in [0.2, 0.25) is 5.91 Å². The molecule has 0 fully saturated rings. The van der Waals surface area contributed by atoms with Crippen LogP contribution in [0.25, 0.3) is 10.9 Å². The third-order valence-electron chi connectivity index (χ3n) is 4.53. The number of amides is 1. The minimum atomic E-state index is -0.315. The molecule has 0 aliphatic carbocycles. The van der Waals surface area contributed by atoms with Gasteiger partial charge >= 0.3 is 0 Å². The maximum Gasteiger partial charge on any atom is 0.277 e. The molecule has 0 aliphatic heterocycles. The van der Waals surface area contributed by atoms with Crippen LogP contribution in [0.2, 0.25) is 0 Å². The van der Waals surface area contributed by atoms with Crippen LogP contribution in [0.1, 0.15) is 18.0 Å². The van der Waals surface area contributed by atoms with Gasteiger partial charge in [-0.2, -0.15) is 0 Å². The Bertz CT molecular complexity index is 1030. The third kappa shape index (κ3) is 4.58. The summed E-state index contributed by atoms with van der Waals surface area (Å²) in [5, 5.41) is 11.2. The van der Waals surface area contributed by atoms with Crippen molar-refractivity contribution in [2.45, 2.75) is 19.0 Å². The van der Waals surface area contributed by atoms with Gasteiger partial charge in [0.15, 0.2) is 0 Å². The molecule has 3 rings (SSSR count). The molecular weight excluding hydrogens is 361 g/mol. The lowest BCUT2D eigenvalue weighted by Gasteiger charge is -2.25. The zero-order chi connectivity index (χ0) is 20.1. The number of rotatable bonds is 7. The first-order chi connectivity index (χ1) is 13.5. The van der Waals surface area contributed by atoms with Crippen LogP contribution in [-0.4, -0.2) is 46.4 Å². The van der Waals surface area contributed by atoms with E-state index in [9.17, 15) is 14.0 Å². The molecule has 0 saturated heterocycles. The van der Waals surface area contributed by atoms with Crippen molar-refractivity contribution in [3.8, 4) is 0 Å². The second-order valence-corrected chi connectivity index (χ2v) is 6.72. The summed E-state index contributed by atoms with van der Waals surface area (Å²) < 4.78 is 14.7. The van der Waals surface area contributed by atoms with Gasteiger partial charge < -0.3 is 10.2 Å². The molecule has 0 radical (unpaired) electrons. The van der Waals surface area contributed by atoms with E-state index in [1.165, 1.54) is 16.8 Å². The average Bonchev–Trinajstić information content (AvgIpc) is 2.67. The maximum absolute atomic E-state index is 13.5. The van der Waals surface area contributed by atoms with Crippen molar-refractivity contribution >= 4 is 16.8 Å². The zero-order valence-corrected chi connectivity index (χ0v) is 15.8. The fourth-order valence-electron chi connectivity index (χ4n) is 2.99. The van der Waals surface area contributed by atoms with Gasteiger partial charge in [0.05, 0.1) is 18.0 Å². The van der Waals surface area contributed by atoms with Crippen LogP contribution in [0.5, 0.6) is 0 Å². The molecule has 1 atom stereocenters. The van der Waals surface area contributed by atoms with Gasteiger partial charge in [-0.1, -0.05) is 29.5 Å². The fraction of sp³-hybridized carbons (Fsp3) is 0.300. The predicted octanol–water partition coefficient (Wildman–Crippen LogP) is 1.74. The maximum atomic E-state index is 13.5. The van der Waals surface area contributed by atoms with E-state index in [1.54, 1.807) is 30.3 Å². The van der Waals surface area contributed by atoms with Crippen LogP contribution in [-0.2, 0) is 11.3 Å². The van der Waals surface area contributed by atoms with Crippen molar-refractivity contribution in [3.63, 3.8) is 0 Å². The molecule has 1 amide bonds. The fourth-order valence-corrected chi connectivity index (χ4v) is 2.99. The number of benzene rings is 2. The molecule has 0 bridgehead atoms. The van der Waals surface area contributed by atoms with Gasteiger partial charge in [0, 0.05) is 13.0 Å². The van der Waals surface area contributed by atoms with E-state index < -0.39 is 0 Å². The number of carbonyl (C=O) groups excluding carboxylic acids is 1. The van der Waals surface area contributed by atoms with Crippen LogP contribution in [0.15, 0.2) is 53.3 Å². The summed E-state index contributed by atoms with van der Waals surface area (Å²) in [4.78, 5) is 26.6. The van der Waals surface area contributed by atoms with Crippen LogP contribution < -0.4 is 10.9 Å². The molecule has 1 unspecified atom stereocenters. The highest BCUT2D eigenvalue weighted by molar-refractivity contribution is 5.77. The number of aryl methyl sites for hydroxylation is 1. The number of aromatic nitrogens is 3. The first-order valence-corrected chi connectivity index (χ1v) is 8.97. The Morgan fingerprint density at radius 1 is 1.21 bits per heavy atom. The van der Waals surface area contributed by atoms with E-state index in [4.69, 9.17) is 0 Å². The predicted molar refractivity (Wildman–Crippen MR) is 104 cm³/mol. The largest absolute Gasteiger partial charge is 0.354 e. The highest BCUT2D eigenvalue weighted by atomic mass is 19.1. The Balaban J connectivity index is 1.61. The monoisotopic (exact) mass is 383 g/mol. The quantitative estimate of drug-likeness (QED) is 0.672. The van der Waals surface area contributed by atoms with Crippen LogP contribution in [0, 0.1) is 5.82 Å². The second kappa shape index (κ2) is 8.71. The molecule has 2 aromatic carbocycles. The van der Waals surface area contributed by atoms with E-state index in [0.717, 1.165) is 5.56 Å². The number of carbonyl (C=O) groups is 1. The SMILES string of the molecule is CN(C)C(CNC(=O)CCn1nnc2ccccc2c1=O)c1cccc(F)c1. The molecule has 28 heavy (non-hydrogen) atoms. The van der Waals surface area contributed by atoms with E-state index in [0.29, 0.717) is 17.4 Å². The van der Waals surface area contributed by atoms with Gasteiger partial charge in [-0.3, -0.25) is 9.59 Å². The molecular formula is C20H22FN5O2. The minimum Gasteiger partial charge on any atom is -0.354 e. The van der Waals surface area contributed by atoms with Crippen molar-refractivity contribution < 1.29 is 9.18 Å². The number of hydrogen-bond acceptors (Lipinski definition) is 5. The molecule has 1 aromatic heterocycles. The summed E-state index contributed by atoms with van der Waals surface area (Å²) in [5.41, 5.74) is 1.03. The molecule has 0 saturated carbocycles. The molecule has 1 heterocycles. The number of nitrogens with one attached hydrogen (secondary N) is 1. The van der Waals surface area contributed by atoms with E-state index in [-0.39, 0.29) is 36.3 Å². The number of nitrogens with zero attached hydrogens (tertiary/aromatic N) is 4. The van der Waals surface area contributed by atoms with Crippen LogP contribution >= 0.6 is 0 Å². The topological polar surface area (TPSA) is 80.1 Å². The van der Waals surface area contributed by atoms with Crippen molar-refractivity contribution in [3.05, 3.63) is 70.3 Å². The molecule has 0 spiro atoms. The Morgan fingerprint density at radius 2 is 2.00 bits per heavy atom. The Kier molecular flexibility index (Phi) is 6.10. The molecule has 0 aliphatic rings. The Morgan fingerprint density at radius 3 is 2.75 bits per heavy atom. The van der Waals surface area contributed by atoms with E-state index in [1.807, 2.05) is 25.1 Å². The zero-order valence-electron chi connectivity index (χ0n) is 15.8. The minimum absolute atomic E-state index is 0.0935. The Hall–Kier alpha value is -3.13. The van der Waals surface area contributed by atoms with Crippen LogP contribution in [0.3, 0.4) is 0 Å². The van der Waals surface area contributed by atoms with E-state index >= 15 is 0 Å². The van der Waals surface area contributed by atoms with Gasteiger partial charge in [-0.15, -0.1) is 5.10 Å². The number of halogens is 1. The summed E-state index contributed by atoms with van der Waals surface area (Å²) in [6, 6.07) is 13.1. The summed E-state index contributed by atoms with van der Waals surface area (Å²) >= 11 is 0. The lowest BCUT2D eigenvalue weighted by Crippen LogP contribution is -2.35. The normalized spacial score (nSPS) is 12.3. The smallest absolute Gasteiger partial charge is 0.277 e. The van der Waals surface area contributed by atoms with Crippen molar-refractivity contribution in [1.82, 2.24) is 25.2 Å². The van der Waals surface area contributed by atoms with E-state index in [2.05, 4.69) is 15.6 Å². The summed E-state index contributed by atoms with van der Waals surface area (Å²) in [5.74, 6) is -0.532. The third-order valence-corrected chi connectivity index (χ3v) is 4.53. The van der Waals surface area contributed by atoms with Crippen molar-refractivity contribution in [2.75, 3.05) is 20.6 Å². The lowest BCUT2D eigenvalue weighted by molar-refractivity contribution is -0.121. The second-order valence-electron chi connectivity index (χ2n) is 6.72. The van der Waals surface area contributed by atoms with Gasteiger partial charge in [-0.05, 0) is 43.9 Å². The number of hydrogen-bond donors (Lipinski definition) is 1. The summed E-state index contributed by atoms with van der Waals surface area (Å²) in [6.45, 7) is 0.461. The standard InChI is InChI=1S/C20H22FN5O2/c1-25(2)18(14-6-5-7-15(21)12-14)13-22-19(27)10-11-26-20(28)16-8-3-4-9-17(16)23-24-26/h3-9,12,18H,10-11,13H2,1-2H3,(H,22,27). The molecule has 1 N–H and O–H groups in total. The Labute approximate surface area is 161 Å². The molecule has 3 aromatic rings. The number of likely N-dealkylation sites (N-methyl/N-ethyl adjacent to an activating group) is 1.